The topological polar surface area (TPSA) is 74.3 Å². The Labute approximate surface area is 154 Å². The number of nitrogens with one attached hydrogen (secondary N) is 2. The van der Waals surface area contributed by atoms with Gasteiger partial charge >= 0.3 is 0 Å². The molecule has 0 unspecified atom stereocenters. The lowest BCUT2D eigenvalue weighted by molar-refractivity contribution is -0.130. The van der Waals surface area contributed by atoms with Gasteiger partial charge in [0, 0.05) is 44.9 Å². The lowest BCUT2D eigenvalue weighted by Crippen LogP contribution is -2.33. The molecule has 1 aliphatic rings. The molecule has 3 rings (SSSR count). The van der Waals surface area contributed by atoms with E-state index in [0.29, 0.717) is 13.1 Å². The van der Waals surface area contributed by atoms with E-state index in [9.17, 15) is 9.59 Å². The zero-order chi connectivity index (χ0) is 18.5. The summed E-state index contributed by atoms with van der Waals surface area (Å²) in [5.74, 6) is 0.557. The predicted molar refractivity (Wildman–Crippen MR) is 103 cm³/mol. The van der Waals surface area contributed by atoms with E-state index in [-0.39, 0.29) is 24.2 Å². The molecule has 26 heavy (non-hydrogen) atoms. The van der Waals surface area contributed by atoms with Crippen LogP contribution < -0.4 is 15.5 Å². The number of rotatable bonds is 5. The van der Waals surface area contributed by atoms with E-state index in [0.717, 1.165) is 41.5 Å². The van der Waals surface area contributed by atoms with E-state index in [4.69, 9.17) is 0 Å². The van der Waals surface area contributed by atoms with Crippen molar-refractivity contribution in [3.8, 4) is 0 Å². The van der Waals surface area contributed by atoms with Crippen LogP contribution in [0.25, 0.3) is 10.9 Å². The molecule has 0 bridgehead atoms. The Morgan fingerprint density at radius 1 is 1.31 bits per heavy atom. The average molecular weight is 354 g/mol. The zero-order valence-electron chi connectivity index (χ0n) is 15.4. The summed E-state index contributed by atoms with van der Waals surface area (Å²) >= 11 is 0. The van der Waals surface area contributed by atoms with Crippen molar-refractivity contribution in [2.75, 3.05) is 25.5 Å². The van der Waals surface area contributed by atoms with E-state index in [1.165, 1.54) is 0 Å². The first-order chi connectivity index (χ1) is 12.5. The minimum absolute atomic E-state index is 0.00176. The maximum Gasteiger partial charge on any atom is 0.223 e. The third-order valence-corrected chi connectivity index (χ3v) is 4.80. The van der Waals surface area contributed by atoms with Crippen molar-refractivity contribution in [3.63, 3.8) is 0 Å². The van der Waals surface area contributed by atoms with Gasteiger partial charge in [-0.15, -0.1) is 0 Å². The van der Waals surface area contributed by atoms with E-state index in [1.807, 2.05) is 49.3 Å². The van der Waals surface area contributed by atoms with Crippen molar-refractivity contribution in [1.82, 2.24) is 15.6 Å². The lowest BCUT2D eigenvalue weighted by atomic mass is 9.98. The zero-order valence-corrected chi connectivity index (χ0v) is 15.4. The molecule has 2 N–H and O–H groups in total. The molecule has 6 nitrogen and oxygen atoms in total. The molecule has 0 spiro atoms. The molecular weight excluding hydrogens is 328 g/mol. The van der Waals surface area contributed by atoms with Crippen LogP contribution in [0.1, 0.15) is 31.2 Å². The summed E-state index contributed by atoms with van der Waals surface area (Å²) in [4.78, 5) is 31.0. The van der Waals surface area contributed by atoms with Crippen LogP contribution in [0, 0.1) is 5.92 Å². The molecule has 2 heterocycles. The largest absolute Gasteiger partial charge is 0.363 e. The number of fused-ring (bicyclic) bond motifs is 1. The molecule has 1 aliphatic heterocycles. The Hall–Kier alpha value is -2.63. The van der Waals surface area contributed by atoms with Gasteiger partial charge in [0.15, 0.2) is 0 Å². The molecule has 1 saturated heterocycles. The predicted octanol–water partition coefficient (Wildman–Crippen LogP) is 2.22. The van der Waals surface area contributed by atoms with Gasteiger partial charge < -0.3 is 15.5 Å². The summed E-state index contributed by atoms with van der Waals surface area (Å²) in [5, 5.41) is 6.90. The van der Waals surface area contributed by atoms with Crippen LogP contribution >= 0.6 is 0 Å². The number of aromatic nitrogens is 1. The Kier molecular flexibility index (Phi) is 5.71. The minimum atomic E-state index is -0.218. The monoisotopic (exact) mass is 354 g/mol. The van der Waals surface area contributed by atoms with Crippen LogP contribution in [0.2, 0.25) is 0 Å². The maximum absolute atomic E-state index is 12.4. The summed E-state index contributed by atoms with van der Waals surface area (Å²) in [6.07, 6.45) is 3.00. The summed E-state index contributed by atoms with van der Waals surface area (Å²) in [6.45, 7) is 1.14. The first-order valence-electron chi connectivity index (χ1n) is 9.15. The van der Waals surface area contributed by atoms with Gasteiger partial charge in [-0.2, -0.15) is 0 Å². The highest BCUT2D eigenvalue weighted by Crippen LogP contribution is 2.22. The first-order valence-corrected chi connectivity index (χ1v) is 9.15. The van der Waals surface area contributed by atoms with Gasteiger partial charge in [-0.25, -0.2) is 4.98 Å². The fourth-order valence-corrected chi connectivity index (χ4v) is 3.29. The number of para-hydroxylation sites is 1. The number of nitrogens with zero attached hydrogens (tertiary/aromatic N) is 2. The third-order valence-electron chi connectivity index (χ3n) is 4.80. The molecule has 1 aromatic heterocycles. The van der Waals surface area contributed by atoms with Crippen LogP contribution in [-0.4, -0.2) is 37.4 Å². The summed E-state index contributed by atoms with van der Waals surface area (Å²) in [6, 6.07) is 9.93. The van der Waals surface area contributed by atoms with Crippen LogP contribution in [0.15, 0.2) is 30.3 Å². The molecule has 6 heteroatoms. The van der Waals surface area contributed by atoms with E-state index in [2.05, 4.69) is 15.6 Å². The SMILES string of the molecule is CN(C)c1cc(CNC(=O)C[C@@H]2CCCCNC2=O)c2ccccc2n1. The van der Waals surface area contributed by atoms with Crippen molar-refractivity contribution in [1.29, 1.82) is 0 Å². The van der Waals surface area contributed by atoms with Gasteiger partial charge in [-0.05, 0) is 30.5 Å². The number of carbonyl (C=O) groups is 2. The molecule has 0 aliphatic carbocycles. The van der Waals surface area contributed by atoms with Crippen molar-refractivity contribution in [2.45, 2.75) is 32.2 Å². The normalized spacial score (nSPS) is 17.5. The van der Waals surface area contributed by atoms with E-state index in [1.54, 1.807) is 0 Å². The number of amides is 2. The number of carbonyl (C=O) groups excluding carboxylic acids is 2. The molecule has 1 fully saturated rings. The van der Waals surface area contributed by atoms with Crippen molar-refractivity contribution < 1.29 is 9.59 Å². The quantitative estimate of drug-likeness (QED) is 0.863. The summed E-state index contributed by atoms with van der Waals surface area (Å²) in [5.41, 5.74) is 1.93. The number of hydrogen-bond donors (Lipinski definition) is 2. The standard InChI is InChI=1S/C20H26N4O2/c1-24(2)18-11-15(16-8-3-4-9-17(16)23-18)13-22-19(25)12-14-7-5-6-10-21-20(14)26/h3-4,8-9,11,14H,5-7,10,12-13H2,1-2H3,(H,21,26)(H,22,25)/t14-/m0/s1. The van der Waals surface area contributed by atoms with Gasteiger partial charge in [0.2, 0.25) is 11.8 Å². The molecule has 1 aromatic carbocycles. The van der Waals surface area contributed by atoms with Gasteiger partial charge in [-0.1, -0.05) is 24.6 Å². The highest BCUT2D eigenvalue weighted by Gasteiger charge is 2.23. The van der Waals surface area contributed by atoms with Crippen molar-refractivity contribution in [3.05, 3.63) is 35.9 Å². The summed E-state index contributed by atoms with van der Waals surface area (Å²) in [7, 11) is 3.90. The van der Waals surface area contributed by atoms with Crippen LogP contribution in [0.5, 0.6) is 0 Å². The number of pyridine rings is 1. The molecule has 0 saturated carbocycles. The van der Waals surface area contributed by atoms with Gasteiger partial charge in [-0.3, -0.25) is 9.59 Å². The number of anilines is 1. The van der Waals surface area contributed by atoms with Crippen LogP contribution in [0.3, 0.4) is 0 Å². The van der Waals surface area contributed by atoms with Gasteiger partial charge in [0.25, 0.3) is 0 Å². The van der Waals surface area contributed by atoms with E-state index >= 15 is 0 Å². The minimum Gasteiger partial charge on any atom is -0.363 e. The van der Waals surface area contributed by atoms with Gasteiger partial charge in [0.05, 0.1) is 5.52 Å². The molecule has 1 atom stereocenters. The Bertz CT molecular complexity index is 803. The second-order valence-corrected chi connectivity index (χ2v) is 7.02. The second-order valence-electron chi connectivity index (χ2n) is 7.02. The molecule has 138 valence electrons. The Morgan fingerprint density at radius 2 is 2.12 bits per heavy atom. The molecule has 0 radical (unpaired) electrons. The number of hydrogen-bond acceptors (Lipinski definition) is 4. The van der Waals surface area contributed by atoms with E-state index < -0.39 is 0 Å². The maximum atomic E-state index is 12.4. The Morgan fingerprint density at radius 3 is 2.92 bits per heavy atom. The second kappa shape index (κ2) is 8.17. The van der Waals surface area contributed by atoms with Gasteiger partial charge in [0.1, 0.15) is 5.82 Å². The molecule has 2 amide bonds. The lowest BCUT2D eigenvalue weighted by Gasteiger charge is -2.16. The summed E-state index contributed by atoms with van der Waals surface area (Å²) < 4.78 is 0. The average Bonchev–Trinajstić information content (AvgIpc) is 2.84. The highest BCUT2D eigenvalue weighted by atomic mass is 16.2. The fraction of sp³-hybridized carbons (Fsp3) is 0.450. The van der Waals surface area contributed by atoms with Crippen LogP contribution in [-0.2, 0) is 16.1 Å². The Balaban J connectivity index is 1.70. The number of benzene rings is 1. The van der Waals surface area contributed by atoms with Crippen molar-refractivity contribution >= 4 is 28.5 Å². The fourth-order valence-electron chi connectivity index (χ4n) is 3.29. The third kappa shape index (κ3) is 4.31. The van der Waals surface area contributed by atoms with Crippen molar-refractivity contribution in [2.24, 2.45) is 5.92 Å². The first kappa shape index (κ1) is 18.2. The molecular formula is C20H26N4O2. The van der Waals surface area contributed by atoms with Crippen LogP contribution in [0.4, 0.5) is 5.82 Å². The smallest absolute Gasteiger partial charge is 0.223 e. The molecule has 2 aromatic rings. The highest BCUT2D eigenvalue weighted by molar-refractivity contribution is 5.87.